The Morgan fingerprint density at radius 1 is 1.37 bits per heavy atom. The summed E-state index contributed by atoms with van der Waals surface area (Å²) in [5.74, 6) is -0.626. The zero-order valence-corrected chi connectivity index (χ0v) is 10.0. The van der Waals surface area contributed by atoms with E-state index in [4.69, 9.17) is 11.6 Å². The number of rotatable bonds is 2. The molecule has 0 unspecified atom stereocenters. The lowest BCUT2D eigenvalue weighted by atomic mass is 10.2. The Morgan fingerprint density at radius 3 is 2.68 bits per heavy atom. The Morgan fingerprint density at radius 2 is 2.11 bits per heavy atom. The fourth-order valence-corrected chi connectivity index (χ4v) is 1.53. The van der Waals surface area contributed by atoms with Gasteiger partial charge in [0.15, 0.2) is 0 Å². The number of H-pyrrole nitrogens is 1. The molecule has 2 aromatic rings. The first-order chi connectivity index (χ1) is 8.88. The van der Waals surface area contributed by atoms with E-state index in [-0.39, 0.29) is 16.4 Å². The number of anilines is 1. The van der Waals surface area contributed by atoms with E-state index in [9.17, 15) is 18.0 Å². The summed E-state index contributed by atoms with van der Waals surface area (Å²) in [4.78, 5) is 17.8. The first kappa shape index (κ1) is 13.4. The van der Waals surface area contributed by atoms with E-state index in [1.165, 1.54) is 12.5 Å². The van der Waals surface area contributed by atoms with Gasteiger partial charge in [0.2, 0.25) is 0 Å². The van der Waals surface area contributed by atoms with Crippen LogP contribution in [0.25, 0.3) is 0 Å². The summed E-state index contributed by atoms with van der Waals surface area (Å²) in [5, 5.41) is 2.30. The molecular formula is C11H7ClF3N3O. The van der Waals surface area contributed by atoms with Crippen molar-refractivity contribution < 1.29 is 18.0 Å². The van der Waals surface area contributed by atoms with Crippen molar-refractivity contribution in [3.63, 3.8) is 0 Å². The third kappa shape index (κ3) is 3.05. The van der Waals surface area contributed by atoms with Gasteiger partial charge in [-0.3, -0.25) is 4.79 Å². The summed E-state index contributed by atoms with van der Waals surface area (Å²) in [5.41, 5.74) is -0.888. The zero-order chi connectivity index (χ0) is 14.0. The Kier molecular flexibility index (Phi) is 3.48. The lowest BCUT2D eigenvalue weighted by Gasteiger charge is -2.11. The van der Waals surface area contributed by atoms with E-state index < -0.39 is 17.6 Å². The molecule has 1 heterocycles. The molecule has 0 bridgehead atoms. The summed E-state index contributed by atoms with van der Waals surface area (Å²) in [7, 11) is 0. The maximum absolute atomic E-state index is 12.5. The molecule has 0 spiro atoms. The molecule has 8 heteroatoms. The number of aromatic amines is 1. The molecule has 0 aliphatic carbocycles. The normalized spacial score (nSPS) is 11.4. The monoisotopic (exact) mass is 289 g/mol. The summed E-state index contributed by atoms with van der Waals surface area (Å²) in [6.45, 7) is 0. The van der Waals surface area contributed by atoms with Crippen molar-refractivity contribution >= 4 is 23.2 Å². The molecular weight excluding hydrogens is 283 g/mol. The zero-order valence-electron chi connectivity index (χ0n) is 9.25. The number of carbonyl (C=O) groups excluding carboxylic acids is 1. The van der Waals surface area contributed by atoms with Crippen LogP contribution in [0.5, 0.6) is 0 Å². The van der Waals surface area contributed by atoms with Crippen LogP contribution in [0.4, 0.5) is 18.9 Å². The molecule has 0 radical (unpaired) electrons. The Balaban J connectivity index is 2.27. The fourth-order valence-electron chi connectivity index (χ4n) is 1.37. The number of amides is 1. The molecule has 1 amide bonds. The molecule has 0 aliphatic rings. The Labute approximate surface area is 110 Å². The van der Waals surface area contributed by atoms with Gasteiger partial charge in [-0.2, -0.15) is 13.2 Å². The lowest BCUT2D eigenvalue weighted by Crippen LogP contribution is -2.14. The summed E-state index contributed by atoms with van der Waals surface area (Å²) < 4.78 is 37.6. The van der Waals surface area contributed by atoms with Gasteiger partial charge in [-0.05, 0) is 18.2 Å². The number of aromatic nitrogens is 2. The highest BCUT2D eigenvalue weighted by atomic mass is 35.5. The SMILES string of the molecule is O=C(Nc1cc(C(F)(F)F)ccc1Cl)c1cnc[nH]1. The highest BCUT2D eigenvalue weighted by molar-refractivity contribution is 6.33. The van der Waals surface area contributed by atoms with Crippen LogP contribution < -0.4 is 5.32 Å². The molecule has 1 aromatic carbocycles. The number of nitrogens with zero attached hydrogens (tertiary/aromatic N) is 1. The van der Waals surface area contributed by atoms with E-state index in [1.54, 1.807) is 0 Å². The van der Waals surface area contributed by atoms with Gasteiger partial charge in [-0.15, -0.1) is 0 Å². The molecule has 2 rings (SSSR count). The van der Waals surface area contributed by atoms with Gasteiger partial charge in [-0.25, -0.2) is 4.98 Å². The maximum Gasteiger partial charge on any atom is 0.416 e. The molecule has 0 saturated heterocycles. The average Bonchev–Trinajstić information content (AvgIpc) is 2.84. The van der Waals surface area contributed by atoms with Gasteiger partial charge >= 0.3 is 6.18 Å². The first-order valence-corrected chi connectivity index (χ1v) is 5.42. The van der Waals surface area contributed by atoms with Gasteiger partial charge in [0.25, 0.3) is 5.91 Å². The van der Waals surface area contributed by atoms with E-state index in [0.717, 1.165) is 18.2 Å². The van der Waals surface area contributed by atoms with Crippen LogP contribution >= 0.6 is 11.6 Å². The topological polar surface area (TPSA) is 57.8 Å². The third-order valence-corrected chi connectivity index (χ3v) is 2.61. The van der Waals surface area contributed by atoms with E-state index in [1.807, 2.05) is 0 Å². The second-order valence-corrected chi connectivity index (χ2v) is 4.02. The minimum atomic E-state index is -4.50. The Hall–Kier alpha value is -2.02. The molecule has 0 saturated carbocycles. The van der Waals surface area contributed by atoms with Crippen LogP contribution in [0.15, 0.2) is 30.7 Å². The van der Waals surface area contributed by atoms with E-state index >= 15 is 0 Å². The summed E-state index contributed by atoms with van der Waals surface area (Å²) in [6.07, 6.45) is -1.97. The van der Waals surface area contributed by atoms with Crippen molar-refractivity contribution in [2.75, 3.05) is 5.32 Å². The van der Waals surface area contributed by atoms with Gasteiger partial charge < -0.3 is 10.3 Å². The predicted molar refractivity (Wildman–Crippen MR) is 63.0 cm³/mol. The van der Waals surface area contributed by atoms with E-state index in [0.29, 0.717) is 0 Å². The van der Waals surface area contributed by atoms with Gasteiger partial charge in [0.05, 0.1) is 28.8 Å². The fraction of sp³-hybridized carbons (Fsp3) is 0.0909. The van der Waals surface area contributed by atoms with E-state index in [2.05, 4.69) is 15.3 Å². The molecule has 0 fully saturated rings. The largest absolute Gasteiger partial charge is 0.416 e. The van der Waals surface area contributed by atoms with Gasteiger partial charge in [0, 0.05) is 0 Å². The Bertz CT molecular complexity index is 596. The van der Waals surface area contributed by atoms with Crippen LogP contribution in [0.2, 0.25) is 5.02 Å². The number of benzene rings is 1. The molecule has 100 valence electrons. The number of hydrogen-bond acceptors (Lipinski definition) is 2. The number of nitrogens with one attached hydrogen (secondary N) is 2. The second kappa shape index (κ2) is 4.93. The van der Waals surface area contributed by atoms with Crippen molar-refractivity contribution in [2.45, 2.75) is 6.18 Å². The third-order valence-electron chi connectivity index (χ3n) is 2.28. The number of imidazole rings is 1. The van der Waals surface area contributed by atoms with Crippen LogP contribution in [-0.4, -0.2) is 15.9 Å². The highest BCUT2D eigenvalue weighted by Crippen LogP contribution is 2.33. The number of halogens is 4. The number of alkyl halides is 3. The highest BCUT2D eigenvalue weighted by Gasteiger charge is 2.31. The van der Waals surface area contributed by atoms with Crippen LogP contribution in [0.3, 0.4) is 0 Å². The molecule has 19 heavy (non-hydrogen) atoms. The first-order valence-electron chi connectivity index (χ1n) is 5.04. The lowest BCUT2D eigenvalue weighted by molar-refractivity contribution is -0.137. The molecule has 0 aliphatic heterocycles. The smallest absolute Gasteiger partial charge is 0.341 e. The second-order valence-electron chi connectivity index (χ2n) is 3.61. The van der Waals surface area contributed by atoms with Crippen molar-refractivity contribution in [1.29, 1.82) is 0 Å². The summed E-state index contributed by atoms with van der Waals surface area (Å²) >= 11 is 5.74. The molecule has 4 nitrogen and oxygen atoms in total. The molecule has 0 atom stereocenters. The number of carbonyl (C=O) groups is 1. The quantitative estimate of drug-likeness (QED) is 0.891. The predicted octanol–water partition coefficient (Wildman–Crippen LogP) is 3.33. The van der Waals surface area contributed by atoms with Crippen molar-refractivity contribution in [3.8, 4) is 0 Å². The molecule has 1 aromatic heterocycles. The van der Waals surface area contributed by atoms with Gasteiger partial charge in [-0.1, -0.05) is 11.6 Å². The van der Waals surface area contributed by atoms with Crippen LogP contribution in [-0.2, 0) is 6.18 Å². The minimum absolute atomic E-state index is 0.0147. The summed E-state index contributed by atoms with van der Waals surface area (Å²) in [6, 6.07) is 2.69. The van der Waals surface area contributed by atoms with Crippen LogP contribution in [0.1, 0.15) is 16.1 Å². The number of hydrogen-bond donors (Lipinski definition) is 2. The standard InChI is InChI=1S/C11H7ClF3N3O/c12-7-2-1-6(11(13,14)15)3-8(7)18-10(19)9-4-16-5-17-9/h1-5H,(H,16,17)(H,18,19). The maximum atomic E-state index is 12.5. The minimum Gasteiger partial charge on any atom is -0.341 e. The van der Waals surface area contributed by atoms with Crippen LogP contribution in [0, 0.1) is 0 Å². The van der Waals surface area contributed by atoms with Crippen molar-refractivity contribution in [2.24, 2.45) is 0 Å². The molecule has 2 N–H and O–H groups in total. The van der Waals surface area contributed by atoms with Crippen molar-refractivity contribution in [1.82, 2.24) is 9.97 Å². The average molecular weight is 290 g/mol. The van der Waals surface area contributed by atoms with Crippen molar-refractivity contribution in [3.05, 3.63) is 47.0 Å². The van der Waals surface area contributed by atoms with Gasteiger partial charge in [0.1, 0.15) is 5.69 Å².